The van der Waals surface area contributed by atoms with Gasteiger partial charge in [0.25, 0.3) is 5.91 Å². The normalized spacial score (nSPS) is 20.7. The van der Waals surface area contributed by atoms with Gasteiger partial charge in [-0.1, -0.05) is 29.8 Å². The van der Waals surface area contributed by atoms with Crippen LogP contribution < -0.4 is 4.74 Å². The van der Waals surface area contributed by atoms with E-state index in [1.165, 1.54) is 24.8 Å². The van der Waals surface area contributed by atoms with Crippen molar-refractivity contribution >= 4 is 5.91 Å². The molecule has 2 aromatic rings. The van der Waals surface area contributed by atoms with Crippen molar-refractivity contribution in [2.24, 2.45) is 12.5 Å². The number of rotatable bonds is 1. The van der Waals surface area contributed by atoms with Crippen molar-refractivity contribution in [1.82, 2.24) is 24.8 Å². The molecule has 1 spiro atoms. The van der Waals surface area contributed by atoms with Crippen LogP contribution in [0.25, 0.3) is 0 Å². The Kier molecular flexibility index (Phi) is 6.37. The quantitative estimate of drug-likeness (QED) is 0.722. The number of fused-ring (bicyclic) bond motifs is 1. The second kappa shape index (κ2) is 9.16. The Balaban J connectivity index is 1.40. The number of para-hydroxylation sites is 1. The van der Waals surface area contributed by atoms with E-state index in [4.69, 9.17) is 4.74 Å². The molecule has 1 amide bonds. The van der Waals surface area contributed by atoms with E-state index in [0.717, 1.165) is 51.2 Å². The summed E-state index contributed by atoms with van der Waals surface area (Å²) in [6, 6.07) is 8.44. The predicted molar refractivity (Wildman–Crippen MR) is 116 cm³/mol. The first-order valence-electron chi connectivity index (χ1n) is 11.1. The lowest BCUT2D eigenvalue weighted by atomic mass is 9.73. The highest BCUT2D eigenvalue weighted by Crippen LogP contribution is 2.38. The maximum absolute atomic E-state index is 12.8. The maximum atomic E-state index is 12.8. The van der Waals surface area contributed by atoms with Crippen molar-refractivity contribution in [3.8, 4) is 5.75 Å². The number of amides is 1. The summed E-state index contributed by atoms with van der Waals surface area (Å²) in [4.78, 5) is 17.1. The SMILES string of the molecule is CN1CCOc2ccccc2CCCCC2(CCN(C(=O)c3cn(C)nn3)CC2)C1. The molecule has 0 atom stereocenters. The first kappa shape index (κ1) is 20.8. The summed E-state index contributed by atoms with van der Waals surface area (Å²) in [5.41, 5.74) is 2.03. The summed E-state index contributed by atoms with van der Waals surface area (Å²) in [5.74, 6) is 1.04. The second-order valence-corrected chi connectivity index (χ2v) is 8.97. The van der Waals surface area contributed by atoms with Gasteiger partial charge >= 0.3 is 0 Å². The molecule has 2 aliphatic rings. The lowest BCUT2D eigenvalue weighted by molar-refractivity contribution is 0.0420. The number of aromatic nitrogens is 3. The molecule has 0 N–H and O–H groups in total. The highest BCUT2D eigenvalue weighted by atomic mass is 16.5. The number of likely N-dealkylation sites (N-methyl/N-ethyl adjacent to an activating group) is 1. The molecule has 0 saturated carbocycles. The lowest BCUT2D eigenvalue weighted by Crippen LogP contribution is -2.48. The minimum Gasteiger partial charge on any atom is -0.492 e. The van der Waals surface area contributed by atoms with Crippen molar-refractivity contribution in [2.45, 2.75) is 38.5 Å². The Labute approximate surface area is 179 Å². The zero-order valence-electron chi connectivity index (χ0n) is 18.2. The Morgan fingerprint density at radius 1 is 1.07 bits per heavy atom. The van der Waals surface area contributed by atoms with E-state index in [1.807, 2.05) is 4.90 Å². The van der Waals surface area contributed by atoms with Gasteiger partial charge in [-0.2, -0.15) is 0 Å². The van der Waals surface area contributed by atoms with Crippen LogP contribution in [0.15, 0.2) is 30.5 Å². The molecule has 1 fully saturated rings. The van der Waals surface area contributed by atoms with E-state index in [9.17, 15) is 4.79 Å². The molecule has 7 heteroatoms. The average Bonchev–Trinajstić information content (AvgIpc) is 3.18. The van der Waals surface area contributed by atoms with Gasteiger partial charge in [-0.05, 0) is 56.2 Å². The van der Waals surface area contributed by atoms with Crippen molar-refractivity contribution in [2.75, 3.05) is 39.8 Å². The van der Waals surface area contributed by atoms with Crippen LogP contribution in [-0.4, -0.2) is 70.5 Å². The van der Waals surface area contributed by atoms with Crippen molar-refractivity contribution in [1.29, 1.82) is 0 Å². The predicted octanol–water partition coefficient (Wildman–Crippen LogP) is 2.77. The standard InChI is InChI=1S/C23H33N5O2/c1-26-15-16-30-21-9-4-3-7-19(21)8-5-6-10-23(18-26)11-13-28(14-12-23)22(29)20-17-27(2)25-24-20/h3-4,7,9,17H,5-6,8,10-16,18H2,1-2H3. The molecule has 0 unspecified atom stereocenters. The highest BCUT2D eigenvalue weighted by molar-refractivity contribution is 5.92. The molecule has 0 radical (unpaired) electrons. The third-order valence-electron chi connectivity index (χ3n) is 6.64. The maximum Gasteiger partial charge on any atom is 0.276 e. The molecule has 0 bridgehead atoms. The van der Waals surface area contributed by atoms with Crippen LogP contribution in [0, 0.1) is 5.41 Å². The molecule has 1 aromatic carbocycles. The smallest absolute Gasteiger partial charge is 0.276 e. The summed E-state index contributed by atoms with van der Waals surface area (Å²) < 4.78 is 7.68. The third kappa shape index (κ3) is 4.83. The monoisotopic (exact) mass is 411 g/mol. The molecular weight excluding hydrogens is 378 g/mol. The van der Waals surface area contributed by atoms with Gasteiger partial charge in [-0.15, -0.1) is 5.10 Å². The highest BCUT2D eigenvalue weighted by Gasteiger charge is 2.37. The van der Waals surface area contributed by atoms with Crippen LogP contribution in [0.3, 0.4) is 0 Å². The first-order valence-corrected chi connectivity index (χ1v) is 11.1. The third-order valence-corrected chi connectivity index (χ3v) is 6.64. The Morgan fingerprint density at radius 2 is 1.87 bits per heavy atom. The Bertz CT molecular complexity index is 857. The number of carbonyl (C=O) groups excluding carboxylic acids is 1. The molecule has 7 nitrogen and oxygen atoms in total. The fourth-order valence-electron chi connectivity index (χ4n) is 4.91. The number of benzene rings is 1. The molecular formula is C23H33N5O2. The van der Waals surface area contributed by atoms with Crippen molar-refractivity contribution < 1.29 is 9.53 Å². The minimum atomic E-state index is 0.00413. The zero-order valence-corrected chi connectivity index (χ0v) is 18.2. The summed E-state index contributed by atoms with van der Waals surface area (Å²) >= 11 is 0. The van der Waals surface area contributed by atoms with Crippen LogP contribution >= 0.6 is 0 Å². The van der Waals surface area contributed by atoms with E-state index in [2.05, 4.69) is 46.5 Å². The van der Waals surface area contributed by atoms with Crippen molar-refractivity contribution in [3.63, 3.8) is 0 Å². The summed E-state index contributed by atoms with van der Waals surface area (Å²) in [6.45, 7) is 4.27. The average molecular weight is 412 g/mol. The van der Waals surface area contributed by atoms with Gasteiger partial charge in [-0.3, -0.25) is 9.48 Å². The molecule has 2 aliphatic heterocycles. The van der Waals surface area contributed by atoms with Gasteiger partial charge in [0.05, 0.1) is 6.20 Å². The van der Waals surface area contributed by atoms with Gasteiger partial charge in [0.1, 0.15) is 12.4 Å². The number of hydrogen-bond acceptors (Lipinski definition) is 5. The Hall–Kier alpha value is -2.41. The number of ether oxygens (including phenoxy) is 1. The molecule has 1 saturated heterocycles. The fourth-order valence-corrected chi connectivity index (χ4v) is 4.91. The van der Waals surface area contributed by atoms with Crippen molar-refractivity contribution in [3.05, 3.63) is 41.7 Å². The van der Waals surface area contributed by atoms with Gasteiger partial charge < -0.3 is 14.5 Å². The van der Waals surface area contributed by atoms with E-state index < -0.39 is 0 Å². The second-order valence-electron chi connectivity index (χ2n) is 8.97. The van der Waals surface area contributed by atoms with Gasteiger partial charge in [0.2, 0.25) is 0 Å². The number of nitrogens with zero attached hydrogens (tertiary/aromatic N) is 5. The zero-order chi connectivity index (χ0) is 21.0. The van der Waals surface area contributed by atoms with E-state index in [1.54, 1.807) is 17.9 Å². The molecule has 30 heavy (non-hydrogen) atoms. The van der Waals surface area contributed by atoms with Gasteiger partial charge in [0, 0.05) is 33.2 Å². The number of piperidine rings is 1. The first-order chi connectivity index (χ1) is 14.5. The largest absolute Gasteiger partial charge is 0.492 e. The molecule has 4 rings (SSSR count). The molecule has 3 heterocycles. The molecule has 162 valence electrons. The Morgan fingerprint density at radius 3 is 2.63 bits per heavy atom. The molecule has 0 aliphatic carbocycles. The van der Waals surface area contributed by atoms with Crippen LogP contribution in [0.5, 0.6) is 5.75 Å². The summed E-state index contributed by atoms with van der Waals surface area (Å²) in [6.07, 6.45) is 8.46. The van der Waals surface area contributed by atoms with Gasteiger partial charge in [-0.25, -0.2) is 0 Å². The fraction of sp³-hybridized carbons (Fsp3) is 0.609. The van der Waals surface area contributed by atoms with E-state index in [-0.39, 0.29) is 11.3 Å². The number of carbonyl (C=O) groups is 1. The number of likely N-dealkylation sites (tertiary alicyclic amines) is 1. The van der Waals surface area contributed by atoms with Crippen LogP contribution in [0.2, 0.25) is 0 Å². The molecule has 1 aromatic heterocycles. The number of hydrogen-bond donors (Lipinski definition) is 0. The van der Waals surface area contributed by atoms with Crippen LogP contribution in [0.1, 0.15) is 48.2 Å². The minimum absolute atomic E-state index is 0.00413. The lowest BCUT2D eigenvalue weighted by Gasteiger charge is -2.44. The number of aryl methyl sites for hydroxylation is 2. The summed E-state index contributed by atoms with van der Waals surface area (Å²) in [5, 5.41) is 7.90. The van der Waals surface area contributed by atoms with E-state index in [0.29, 0.717) is 12.3 Å². The topological polar surface area (TPSA) is 63.5 Å². The van der Waals surface area contributed by atoms with Gasteiger partial charge in [0.15, 0.2) is 5.69 Å². The van der Waals surface area contributed by atoms with Crippen LogP contribution in [-0.2, 0) is 13.5 Å². The van der Waals surface area contributed by atoms with Crippen LogP contribution in [0.4, 0.5) is 0 Å². The summed E-state index contributed by atoms with van der Waals surface area (Å²) in [7, 11) is 3.98. The van der Waals surface area contributed by atoms with E-state index >= 15 is 0 Å².